The van der Waals surface area contributed by atoms with Crippen LogP contribution in [0.5, 0.6) is 0 Å². The van der Waals surface area contributed by atoms with E-state index < -0.39 is 0 Å². The summed E-state index contributed by atoms with van der Waals surface area (Å²) in [5.41, 5.74) is 4.86. The highest BCUT2D eigenvalue weighted by Crippen LogP contribution is 2.35. The Bertz CT molecular complexity index is 989. The molecule has 1 atom stereocenters. The van der Waals surface area contributed by atoms with E-state index in [1.165, 1.54) is 11.1 Å². The molecule has 2 heterocycles. The van der Waals surface area contributed by atoms with Crippen molar-refractivity contribution in [3.8, 4) is 0 Å². The maximum absolute atomic E-state index is 13.2. The Kier molecular flexibility index (Phi) is 4.02. The Morgan fingerprint density at radius 1 is 1.31 bits per heavy atom. The van der Waals surface area contributed by atoms with Gasteiger partial charge in [-0.3, -0.25) is 4.79 Å². The van der Waals surface area contributed by atoms with Gasteiger partial charge < -0.3 is 4.90 Å². The molecule has 5 heteroatoms. The largest absolute Gasteiger partial charge is 0.335 e. The second-order valence-corrected chi connectivity index (χ2v) is 7.39. The van der Waals surface area contributed by atoms with E-state index in [4.69, 9.17) is 0 Å². The molecule has 0 radical (unpaired) electrons. The Morgan fingerprint density at radius 3 is 2.85 bits per heavy atom. The normalized spacial score (nSPS) is 16.3. The summed E-state index contributed by atoms with van der Waals surface area (Å²) in [7, 11) is 1.90. The fraction of sp³-hybridized carbons (Fsp3) is 0.381. The maximum atomic E-state index is 13.2. The van der Waals surface area contributed by atoms with Crippen molar-refractivity contribution in [3.05, 3.63) is 58.9 Å². The zero-order valence-electron chi connectivity index (χ0n) is 15.7. The van der Waals surface area contributed by atoms with Gasteiger partial charge in [-0.2, -0.15) is 5.10 Å². The van der Waals surface area contributed by atoms with E-state index in [0.717, 1.165) is 29.6 Å². The number of nitrogens with zero attached hydrogens (tertiary/aromatic N) is 4. The Balaban J connectivity index is 1.69. The first-order valence-corrected chi connectivity index (χ1v) is 9.17. The number of aryl methyl sites for hydroxylation is 2. The van der Waals surface area contributed by atoms with E-state index in [1.807, 2.05) is 29.6 Å². The van der Waals surface area contributed by atoms with Crippen LogP contribution in [-0.2, 0) is 6.42 Å². The number of hydrogen-bond donors (Lipinski definition) is 0. The van der Waals surface area contributed by atoms with Crippen molar-refractivity contribution in [1.29, 1.82) is 0 Å². The van der Waals surface area contributed by atoms with Gasteiger partial charge in [0.2, 0.25) is 0 Å². The SMILES string of the molecule is Cc1nc2c(cnn2C(C)C)cc1C(=O)N(C)C1CCc2ccccc21. The molecule has 2 aromatic heterocycles. The fourth-order valence-electron chi connectivity index (χ4n) is 3.93. The van der Waals surface area contributed by atoms with Gasteiger partial charge in [0.25, 0.3) is 5.91 Å². The van der Waals surface area contributed by atoms with Crippen molar-refractivity contribution >= 4 is 16.9 Å². The van der Waals surface area contributed by atoms with Crippen LogP contribution >= 0.6 is 0 Å². The monoisotopic (exact) mass is 348 g/mol. The zero-order valence-corrected chi connectivity index (χ0v) is 15.7. The molecule has 1 aliphatic rings. The molecule has 0 aliphatic heterocycles. The molecule has 1 amide bonds. The molecule has 0 N–H and O–H groups in total. The summed E-state index contributed by atoms with van der Waals surface area (Å²) in [6.07, 6.45) is 3.79. The van der Waals surface area contributed by atoms with Gasteiger partial charge in [0, 0.05) is 18.5 Å². The highest BCUT2D eigenvalue weighted by Gasteiger charge is 2.30. The first-order chi connectivity index (χ1) is 12.5. The van der Waals surface area contributed by atoms with Crippen LogP contribution in [-0.4, -0.2) is 32.6 Å². The lowest BCUT2D eigenvalue weighted by Crippen LogP contribution is -2.30. The van der Waals surface area contributed by atoms with E-state index in [2.05, 4.69) is 48.2 Å². The topological polar surface area (TPSA) is 51.0 Å². The Morgan fingerprint density at radius 2 is 2.08 bits per heavy atom. The summed E-state index contributed by atoms with van der Waals surface area (Å²) in [5, 5.41) is 5.33. The van der Waals surface area contributed by atoms with Crippen LogP contribution in [0.25, 0.3) is 11.0 Å². The smallest absolute Gasteiger partial charge is 0.255 e. The van der Waals surface area contributed by atoms with Gasteiger partial charge in [-0.15, -0.1) is 0 Å². The van der Waals surface area contributed by atoms with E-state index in [1.54, 1.807) is 6.20 Å². The fourth-order valence-corrected chi connectivity index (χ4v) is 3.93. The van der Waals surface area contributed by atoms with Gasteiger partial charge >= 0.3 is 0 Å². The first-order valence-electron chi connectivity index (χ1n) is 9.17. The lowest BCUT2D eigenvalue weighted by molar-refractivity contribution is 0.0729. The van der Waals surface area contributed by atoms with E-state index in [9.17, 15) is 4.79 Å². The molecule has 1 unspecified atom stereocenters. The van der Waals surface area contributed by atoms with Crippen LogP contribution in [0.15, 0.2) is 36.5 Å². The van der Waals surface area contributed by atoms with E-state index >= 15 is 0 Å². The van der Waals surface area contributed by atoms with Gasteiger partial charge in [0.1, 0.15) is 0 Å². The lowest BCUT2D eigenvalue weighted by atomic mass is 10.1. The van der Waals surface area contributed by atoms with Gasteiger partial charge in [-0.25, -0.2) is 9.67 Å². The quantitative estimate of drug-likeness (QED) is 0.716. The van der Waals surface area contributed by atoms with Crippen LogP contribution in [0.2, 0.25) is 0 Å². The standard InChI is InChI=1S/C21H24N4O/c1-13(2)25-20-16(12-22-25)11-18(14(3)23-20)21(26)24(4)19-10-9-15-7-5-6-8-17(15)19/h5-8,11-13,19H,9-10H2,1-4H3. The number of fused-ring (bicyclic) bond motifs is 2. The van der Waals surface area contributed by atoms with Crippen molar-refractivity contribution in [2.45, 2.75) is 45.7 Å². The van der Waals surface area contributed by atoms with Crippen molar-refractivity contribution in [2.24, 2.45) is 0 Å². The summed E-state index contributed by atoms with van der Waals surface area (Å²) >= 11 is 0. The third-order valence-electron chi connectivity index (χ3n) is 5.37. The van der Waals surface area contributed by atoms with Crippen molar-refractivity contribution in [3.63, 3.8) is 0 Å². The highest BCUT2D eigenvalue weighted by atomic mass is 16.2. The highest BCUT2D eigenvalue weighted by molar-refractivity contribution is 5.98. The minimum Gasteiger partial charge on any atom is -0.335 e. The molecule has 0 fully saturated rings. The third kappa shape index (κ3) is 2.59. The van der Waals surface area contributed by atoms with Gasteiger partial charge in [0.15, 0.2) is 5.65 Å². The third-order valence-corrected chi connectivity index (χ3v) is 5.37. The molecule has 1 aromatic carbocycles. The predicted octanol–water partition coefficient (Wildman–Crippen LogP) is 4.08. The van der Waals surface area contributed by atoms with E-state index in [0.29, 0.717) is 5.56 Å². The molecule has 5 nitrogen and oxygen atoms in total. The van der Waals surface area contributed by atoms with E-state index in [-0.39, 0.29) is 18.0 Å². The Hall–Kier alpha value is -2.69. The van der Waals surface area contributed by atoms with Crippen LogP contribution in [0.4, 0.5) is 0 Å². The zero-order chi connectivity index (χ0) is 18.4. The molecule has 3 aromatic rings. The molecule has 1 aliphatic carbocycles. The number of hydrogen-bond acceptors (Lipinski definition) is 3. The van der Waals surface area contributed by atoms with Crippen LogP contribution < -0.4 is 0 Å². The average Bonchev–Trinajstić information content (AvgIpc) is 3.23. The van der Waals surface area contributed by atoms with Gasteiger partial charge in [-0.1, -0.05) is 24.3 Å². The van der Waals surface area contributed by atoms with Crippen molar-refractivity contribution in [2.75, 3.05) is 7.05 Å². The van der Waals surface area contributed by atoms with Crippen LogP contribution in [0.3, 0.4) is 0 Å². The summed E-state index contributed by atoms with van der Waals surface area (Å²) in [4.78, 5) is 19.8. The number of rotatable bonds is 3. The second-order valence-electron chi connectivity index (χ2n) is 7.39. The lowest BCUT2D eigenvalue weighted by Gasteiger charge is -2.26. The van der Waals surface area contributed by atoms with Crippen molar-refractivity contribution in [1.82, 2.24) is 19.7 Å². The van der Waals surface area contributed by atoms with Gasteiger partial charge in [0.05, 0.1) is 23.5 Å². The molecule has 0 spiro atoms. The predicted molar refractivity (Wildman–Crippen MR) is 102 cm³/mol. The molecule has 0 saturated heterocycles. The number of pyridine rings is 1. The average molecular weight is 348 g/mol. The summed E-state index contributed by atoms with van der Waals surface area (Å²) in [6.45, 7) is 6.06. The second kappa shape index (κ2) is 6.24. The Labute approximate surface area is 153 Å². The number of carbonyl (C=O) groups excluding carboxylic acids is 1. The molecular weight excluding hydrogens is 324 g/mol. The maximum Gasteiger partial charge on any atom is 0.255 e. The molecule has 26 heavy (non-hydrogen) atoms. The van der Waals surface area contributed by atoms with Gasteiger partial charge in [-0.05, 0) is 50.8 Å². The minimum atomic E-state index is 0.0240. The molecule has 0 bridgehead atoms. The number of carbonyl (C=O) groups is 1. The van der Waals surface area contributed by atoms with Crippen LogP contribution in [0.1, 0.15) is 59.5 Å². The summed E-state index contributed by atoms with van der Waals surface area (Å²) in [6, 6.07) is 10.7. The van der Waals surface area contributed by atoms with Crippen molar-refractivity contribution < 1.29 is 4.79 Å². The summed E-state index contributed by atoms with van der Waals surface area (Å²) in [5.74, 6) is 0.0240. The number of benzene rings is 1. The van der Waals surface area contributed by atoms with Crippen LogP contribution in [0, 0.1) is 6.92 Å². The first kappa shape index (κ1) is 16.8. The molecule has 4 rings (SSSR count). The molecule has 134 valence electrons. The molecular formula is C21H24N4O. The molecule has 0 saturated carbocycles. The number of aromatic nitrogens is 3. The number of amides is 1. The minimum absolute atomic E-state index is 0.0240. The summed E-state index contributed by atoms with van der Waals surface area (Å²) < 4.78 is 1.90.